The normalized spacial score (nSPS) is 13.2. The van der Waals surface area contributed by atoms with Crippen LogP contribution in [-0.4, -0.2) is 32.5 Å². The number of anilines is 2. The van der Waals surface area contributed by atoms with Crippen LogP contribution in [0.1, 0.15) is 16.8 Å². The van der Waals surface area contributed by atoms with Gasteiger partial charge in [0.25, 0.3) is 21.5 Å². The summed E-state index contributed by atoms with van der Waals surface area (Å²) in [6.07, 6.45) is 2.15. The van der Waals surface area contributed by atoms with Crippen LogP contribution in [0.5, 0.6) is 11.5 Å². The Kier molecular flexibility index (Phi) is 5.63. The minimum Gasteiger partial charge on any atom is -0.490 e. The average molecular weight is 441 g/mol. The minimum absolute atomic E-state index is 0.0262. The number of carbonyl (C=O) groups excluding carboxylic acids is 1. The number of aromatic amines is 1. The van der Waals surface area contributed by atoms with Crippen molar-refractivity contribution < 1.29 is 22.7 Å². The van der Waals surface area contributed by atoms with Gasteiger partial charge in [0, 0.05) is 30.1 Å². The number of sulfonamides is 1. The fourth-order valence-electron chi connectivity index (χ4n) is 2.95. The lowest BCUT2D eigenvalue weighted by atomic mass is 10.2. The quantitative estimate of drug-likeness (QED) is 0.559. The van der Waals surface area contributed by atoms with Crippen molar-refractivity contribution in [1.29, 1.82) is 0 Å². The fourth-order valence-corrected chi connectivity index (χ4v) is 4.02. The number of hydrogen-bond acceptors (Lipinski definition) is 6. The van der Waals surface area contributed by atoms with E-state index >= 15 is 0 Å². The van der Waals surface area contributed by atoms with Gasteiger partial charge in [0.15, 0.2) is 11.5 Å². The molecule has 1 aliphatic heterocycles. The zero-order valence-corrected chi connectivity index (χ0v) is 17.1. The Hall–Kier alpha value is -3.79. The van der Waals surface area contributed by atoms with Gasteiger partial charge in [0.2, 0.25) is 0 Å². The molecule has 31 heavy (non-hydrogen) atoms. The maximum Gasteiger partial charge on any atom is 0.262 e. The summed E-state index contributed by atoms with van der Waals surface area (Å²) in [6.45, 7) is 0.963. The highest BCUT2D eigenvalue weighted by atomic mass is 32.2. The number of benzene rings is 2. The molecule has 0 saturated carbocycles. The second-order valence-electron chi connectivity index (χ2n) is 6.71. The summed E-state index contributed by atoms with van der Waals surface area (Å²) >= 11 is 0. The largest absolute Gasteiger partial charge is 0.490 e. The van der Waals surface area contributed by atoms with Gasteiger partial charge in [-0.1, -0.05) is 0 Å². The molecule has 0 bridgehead atoms. The number of hydrogen-bond donors (Lipinski definition) is 3. The first-order valence-electron chi connectivity index (χ1n) is 9.44. The van der Waals surface area contributed by atoms with Gasteiger partial charge in [-0.05, 0) is 48.5 Å². The molecule has 1 aromatic heterocycles. The number of pyridine rings is 1. The van der Waals surface area contributed by atoms with E-state index in [1.807, 2.05) is 0 Å². The molecule has 3 N–H and O–H groups in total. The molecule has 1 amide bonds. The highest BCUT2D eigenvalue weighted by Crippen LogP contribution is 2.32. The van der Waals surface area contributed by atoms with Crippen molar-refractivity contribution in [2.24, 2.45) is 0 Å². The predicted octanol–water partition coefficient (Wildman–Crippen LogP) is 2.59. The number of nitrogens with one attached hydrogen (secondary N) is 3. The van der Waals surface area contributed by atoms with Gasteiger partial charge in [-0.25, -0.2) is 8.42 Å². The molecule has 3 aromatic rings. The Morgan fingerprint density at radius 1 is 0.935 bits per heavy atom. The van der Waals surface area contributed by atoms with Gasteiger partial charge in [-0.15, -0.1) is 0 Å². The van der Waals surface area contributed by atoms with E-state index in [1.165, 1.54) is 48.7 Å². The highest BCUT2D eigenvalue weighted by molar-refractivity contribution is 7.92. The average Bonchev–Trinajstić information content (AvgIpc) is 3.00. The van der Waals surface area contributed by atoms with E-state index in [0.29, 0.717) is 36.1 Å². The van der Waals surface area contributed by atoms with Gasteiger partial charge in [-0.2, -0.15) is 0 Å². The van der Waals surface area contributed by atoms with E-state index in [-0.39, 0.29) is 10.5 Å². The lowest BCUT2D eigenvalue weighted by Crippen LogP contribution is -2.22. The van der Waals surface area contributed by atoms with E-state index in [2.05, 4.69) is 15.0 Å². The first kappa shape index (κ1) is 20.5. The number of rotatable bonds is 5. The highest BCUT2D eigenvalue weighted by Gasteiger charge is 2.19. The van der Waals surface area contributed by atoms with Crippen LogP contribution in [0.25, 0.3) is 0 Å². The number of amides is 1. The lowest BCUT2D eigenvalue weighted by molar-refractivity contribution is 0.102. The lowest BCUT2D eigenvalue weighted by Gasteiger charge is -2.12. The number of carbonyl (C=O) groups is 1. The summed E-state index contributed by atoms with van der Waals surface area (Å²) in [5.74, 6) is 0.325. The summed E-state index contributed by atoms with van der Waals surface area (Å²) in [6, 6.07) is 13.5. The molecule has 4 rings (SSSR count). The number of H-pyrrole nitrogens is 1. The molecule has 1 aliphatic rings. The molecule has 0 atom stereocenters. The molecule has 0 unspecified atom stereocenters. The summed E-state index contributed by atoms with van der Waals surface area (Å²) in [5.41, 5.74) is 0.190. The SMILES string of the molecule is O=C(Nc1ccc(NS(=O)(=O)c2ccc3c(c2)OCCCO3)cc1)c1ccc[nH]c1=O. The molecule has 0 aliphatic carbocycles. The first-order chi connectivity index (χ1) is 14.9. The molecule has 2 aromatic carbocycles. The summed E-state index contributed by atoms with van der Waals surface area (Å²) < 4.78 is 39.0. The van der Waals surface area contributed by atoms with Crippen LogP contribution in [0, 0.1) is 0 Å². The van der Waals surface area contributed by atoms with Crippen LogP contribution in [-0.2, 0) is 10.0 Å². The van der Waals surface area contributed by atoms with Crippen molar-refractivity contribution in [1.82, 2.24) is 4.98 Å². The molecule has 0 spiro atoms. The van der Waals surface area contributed by atoms with E-state index in [4.69, 9.17) is 9.47 Å². The Balaban J connectivity index is 1.47. The zero-order chi connectivity index (χ0) is 21.8. The third-order valence-corrected chi connectivity index (χ3v) is 5.87. The maximum atomic E-state index is 12.7. The summed E-state index contributed by atoms with van der Waals surface area (Å²) in [5, 5.41) is 2.59. The van der Waals surface area contributed by atoms with Crippen molar-refractivity contribution in [2.45, 2.75) is 11.3 Å². The minimum atomic E-state index is -3.86. The summed E-state index contributed by atoms with van der Waals surface area (Å²) in [7, 11) is -3.86. The first-order valence-corrected chi connectivity index (χ1v) is 10.9. The molecule has 10 heteroatoms. The third kappa shape index (κ3) is 4.69. The molecular weight excluding hydrogens is 422 g/mol. The molecule has 0 saturated heterocycles. The Bertz CT molecular complexity index is 1270. The van der Waals surface area contributed by atoms with Gasteiger partial charge >= 0.3 is 0 Å². The second kappa shape index (κ2) is 8.52. The number of aromatic nitrogens is 1. The molecule has 160 valence electrons. The third-order valence-electron chi connectivity index (χ3n) is 4.49. The van der Waals surface area contributed by atoms with E-state index < -0.39 is 21.5 Å². The fraction of sp³-hybridized carbons (Fsp3) is 0.143. The number of ether oxygens (including phenoxy) is 2. The molecule has 0 fully saturated rings. The molecule has 0 radical (unpaired) electrons. The van der Waals surface area contributed by atoms with Gasteiger partial charge < -0.3 is 19.8 Å². The van der Waals surface area contributed by atoms with Crippen LogP contribution < -0.4 is 25.1 Å². The van der Waals surface area contributed by atoms with Crippen LogP contribution in [0.3, 0.4) is 0 Å². The van der Waals surface area contributed by atoms with Crippen molar-refractivity contribution in [3.05, 3.63) is 76.7 Å². The van der Waals surface area contributed by atoms with Crippen molar-refractivity contribution in [3.8, 4) is 11.5 Å². The van der Waals surface area contributed by atoms with Gasteiger partial charge in [0.1, 0.15) is 5.56 Å². The topological polar surface area (TPSA) is 127 Å². The van der Waals surface area contributed by atoms with Crippen molar-refractivity contribution in [2.75, 3.05) is 23.3 Å². The summed E-state index contributed by atoms with van der Waals surface area (Å²) in [4.78, 5) is 26.4. The van der Waals surface area contributed by atoms with Crippen molar-refractivity contribution >= 4 is 27.3 Å². The van der Waals surface area contributed by atoms with Crippen LogP contribution in [0.4, 0.5) is 11.4 Å². The standard InChI is InChI=1S/C21H19N3O6S/c25-20-17(3-1-10-22-20)21(26)23-14-4-6-15(7-5-14)24-31(27,28)16-8-9-18-19(13-16)30-12-2-11-29-18/h1,3-10,13,24H,2,11-12H2,(H,22,25)(H,23,26). The molecule has 9 nitrogen and oxygen atoms in total. The van der Waals surface area contributed by atoms with Crippen LogP contribution in [0.2, 0.25) is 0 Å². The monoisotopic (exact) mass is 441 g/mol. The maximum absolute atomic E-state index is 12.7. The van der Waals surface area contributed by atoms with Crippen LogP contribution >= 0.6 is 0 Å². The second-order valence-corrected chi connectivity index (χ2v) is 8.39. The smallest absolute Gasteiger partial charge is 0.262 e. The van der Waals surface area contributed by atoms with E-state index in [0.717, 1.165) is 6.42 Å². The molecular formula is C21H19N3O6S. The van der Waals surface area contributed by atoms with Crippen LogP contribution in [0.15, 0.2) is 70.5 Å². The van der Waals surface area contributed by atoms with E-state index in [9.17, 15) is 18.0 Å². The Morgan fingerprint density at radius 2 is 1.65 bits per heavy atom. The van der Waals surface area contributed by atoms with E-state index in [1.54, 1.807) is 12.1 Å². The van der Waals surface area contributed by atoms with Gasteiger partial charge in [-0.3, -0.25) is 14.3 Å². The van der Waals surface area contributed by atoms with Crippen molar-refractivity contribution in [3.63, 3.8) is 0 Å². The zero-order valence-electron chi connectivity index (χ0n) is 16.3. The van der Waals surface area contributed by atoms with Gasteiger partial charge in [0.05, 0.1) is 18.1 Å². The Labute approximate surface area is 178 Å². The number of fused-ring (bicyclic) bond motifs is 1. The Morgan fingerprint density at radius 3 is 2.39 bits per heavy atom. The molecule has 2 heterocycles. The predicted molar refractivity (Wildman–Crippen MR) is 114 cm³/mol.